The van der Waals surface area contributed by atoms with E-state index in [1.165, 1.54) is 6.08 Å². The Labute approximate surface area is 75.8 Å². The van der Waals surface area contributed by atoms with Gasteiger partial charge in [0.15, 0.2) is 5.82 Å². The maximum atomic E-state index is 10.9. The van der Waals surface area contributed by atoms with Gasteiger partial charge < -0.3 is 9.84 Å². The SMILES string of the molecule is C/C=C/C(=O)NCc1noc(C)n1. The first-order valence-electron chi connectivity index (χ1n) is 3.92. The van der Waals surface area contributed by atoms with Gasteiger partial charge in [-0.25, -0.2) is 0 Å². The van der Waals surface area contributed by atoms with Gasteiger partial charge in [-0.15, -0.1) is 0 Å². The van der Waals surface area contributed by atoms with Crippen molar-refractivity contribution in [3.8, 4) is 0 Å². The van der Waals surface area contributed by atoms with E-state index in [2.05, 4.69) is 15.5 Å². The monoisotopic (exact) mass is 181 g/mol. The van der Waals surface area contributed by atoms with Crippen molar-refractivity contribution in [3.05, 3.63) is 23.9 Å². The first-order valence-corrected chi connectivity index (χ1v) is 3.92. The van der Waals surface area contributed by atoms with Crippen LogP contribution in [0.1, 0.15) is 18.6 Å². The molecule has 70 valence electrons. The molecule has 0 atom stereocenters. The van der Waals surface area contributed by atoms with E-state index in [1.54, 1.807) is 19.9 Å². The zero-order valence-corrected chi connectivity index (χ0v) is 7.57. The van der Waals surface area contributed by atoms with Crippen molar-refractivity contribution in [1.82, 2.24) is 15.5 Å². The topological polar surface area (TPSA) is 68.0 Å². The third-order valence-electron chi connectivity index (χ3n) is 1.31. The Hall–Kier alpha value is -1.65. The van der Waals surface area contributed by atoms with Crippen molar-refractivity contribution in [1.29, 1.82) is 0 Å². The highest BCUT2D eigenvalue weighted by Gasteiger charge is 2.02. The second kappa shape index (κ2) is 4.39. The van der Waals surface area contributed by atoms with Crippen LogP contribution in [-0.4, -0.2) is 16.0 Å². The van der Waals surface area contributed by atoms with Gasteiger partial charge >= 0.3 is 0 Å². The molecule has 0 bridgehead atoms. The molecule has 13 heavy (non-hydrogen) atoms. The number of hydrogen-bond acceptors (Lipinski definition) is 4. The number of nitrogens with zero attached hydrogens (tertiary/aromatic N) is 2. The van der Waals surface area contributed by atoms with E-state index in [9.17, 15) is 4.79 Å². The number of carbonyl (C=O) groups excluding carboxylic acids is 1. The van der Waals surface area contributed by atoms with E-state index in [4.69, 9.17) is 4.52 Å². The van der Waals surface area contributed by atoms with Gasteiger partial charge in [0, 0.05) is 6.92 Å². The number of aromatic nitrogens is 2. The average Bonchev–Trinajstić information content (AvgIpc) is 2.49. The standard InChI is InChI=1S/C8H11N3O2/c1-3-4-8(12)9-5-7-10-6(2)13-11-7/h3-4H,5H2,1-2H3,(H,9,12)/b4-3+. The van der Waals surface area contributed by atoms with Crippen molar-refractivity contribution in [3.63, 3.8) is 0 Å². The van der Waals surface area contributed by atoms with Crippen LogP contribution in [-0.2, 0) is 11.3 Å². The maximum absolute atomic E-state index is 10.9. The molecule has 0 radical (unpaired) electrons. The Bertz CT molecular complexity index is 317. The zero-order chi connectivity index (χ0) is 9.68. The largest absolute Gasteiger partial charge is 0.345 e. The summed E-state index contributed by atoms with van der Waals surface area (Å²) in [6, 6.07) is 0. The van der Waals surface area contributed by atoms with Gasteiger partial charge in [-0.05, 0) is 13.0 Å². The number of nitrogens with one attached hydrogen (secondary N) is 1. The van der Waals surface area contributed by atoms with Gasteiger partial charge in [-0.2, -0.15) is 4.98 Å². The molecule has 1 heterocycles. The number of carbonyl (C=O) groups is 1. The zero-order valence-electron chi connectivity index (χ0n) is 7.57. The highest BCUT2D eigenvalue weighted by Crippen LogP contribution is 1.93. The lowest BCUT2D eigenvalue weighted by Gasteiger charge is -1.95. The number of hydrogen-bond donors (Lipinski definition) is 1. The van der Waals surface area contributed by atoms with Crippen LogP contribution in [0.4, 0.5) is 0 Å². The number of aryl methyl sites for hydroxylation is 1. The van der Waals surface area contributed by atoms with E-state index in [1.807, 2.05) is 0 Å². The summed E-state index contributed by atoms with van der Waals surface area (Å²) in [7, 11) is 0. The fourth-order valence-electron chi connectivity index (χ4n) is 0.790. The van der Waals surface area contributed by atoms with Crippen LogP contribution in [0.15, 0.2) is 16.7 Å². The third kappa shape index (κ3) is 3.06. The van der Waals surface area contributed by atoms with E-state index in [0.717, 1.165) is 0 Å². The number of rotatable bonds is 3. The van der Waals surface area contributed by atoms with Gasteiger partial charge in [0.25, 0.3) is 0 Å². The molecule has 1 aromatic heterocycles. The summed E-state index contributed by atoms with van der Waals surface area (Å²) in [5.74, 6) is 0.815. The van der Waals surface area contributed by atoms with E-state index >= 15 is 0 Å². The molecule has 5 nitrogen and oxygen atoms in total. The van der Waals surface area contributed by atoms with Crippen LogP contribution >= 0.6 is 0 Å². The van der Waals surface area contributed by atoms with Crippen molar-refractivity contribution in [2.24, 2.45) is 0 Å². The fourth-order valence-corrected chi connectivity index (χ4v) is 0.790. The molecule has 0 saturated carbocycles. The minimum Gasteiger partial charge on any atom is -0.345 e. The number of allylic oxidation sites excluding steroid dienone is 1. The summed E-state index contributed by atoms with van der Waals surface area (Å²) in [6.45, 7) is 3.77. The van der Waals surface area contributed by atoms with Crippen LogP contribution < -0.4 is 5.32 Å². The molecule has 0 aromatic carbocycles. The Morgan fingerprint density at radius 3 is 3.00 bits per heavy atom. The molecule has 1 rings (SSSR count). The second-order valence-corrected chi connectivity index (χ2v) is 2.45. The molecule has 1 N–H and O–H groups in total. The first-order chi connectivity index (χ1) is 6.22. The van der Waals surface area contributed by atoms with Crippen LogP contribution in [0.5, 0.6) is 0 Å². The summed E-state index contributed by atoms with van der Waals surface area (Å²) < 4.78 is 4.73. The Morgan fingerprint density at radius 2 is 2.46 bits per heavy atom. The van der Waals surface area contributed by atoms with Gasteiger partial charge in [-0.1, -0.05) is 11.2 Å². The van der Waals surface area contributed by atoms with Crippen molar-refractivity contribution in [2.75, 3.05) is 0 Å². The molecule has 0 spiro atoms. The molecule has 0 aliphatic carbocycles. The number of amides is 1. The summed E-state index contributed by atoms with van der Waals surface area (Å²) in [4.78, 5) is 14.9. The van der Waals surface area contributed by atoms with Crippen LogP contribution in [0.2, 0.25) is 0 Å². The van der Waals surface area contributed by atoms with Gasteiger partial charge in [0.2, 0.25) is 11.8 Å². The fraction of sp³-hybridized carbons (Fsp3) is 0.375. The summed E-state index contributed by atoms with van der Waals surface area (Å²) in [5, 5.41) is 6.23. The van der Waals surface area contributed by atoms with Crippen molar-refractivity contribution < 1.29 is 9.32 Å². The molecule has 0 saturated heterocycles. The minimum atomic E-state index is -0.162. The minimum absolute atomic E-state index is 0.162. The van der Waals surface area contributed by atoms with Gasteiger partial charge in [0.1, 0.15) is 0 Å². The molecule has 1 aromatic rings. The molecule has 5 heteroatoms. The maximum Gasteiger partial charge on any atom is 0.244 e. The molecule has 0 fully saturated rings. The molecular formula is C8H11N3O2. The highest BCUT2D eigenvalue weighted by atomic mass is 16.5. The lowest BCUT2D eigenvalue weighted by Crippen LogP contribution is -2.20. The van der Waals surface area contributed by atoms with E-state index < -0.39 is 0 Å². The molecule has 1 amide bonds. The summed E-state index contributed by atoms with van der Waals surface area (Å²) in [6.07, 6.45) is 3.10. The summed E-state index contributed by atoms with van der Waals surface area (Å²) >= 11 is 0. The molecule has 0 aliphatic heterocycles. The Morgan fingerprint density at radius 1 is 1.69 bits per heavy atom. The molecular weight excluding hydrogens is 170 g/mol. The van der Waals surface area contributed by atoms with E-state index in [-0.39, 0.29) is 5.91 Å². The van der Waals surface area contributed by atoms with Crippen LogP contribution in [0.3, 0.4) is 0 Å². The van der Waals surface area contributed by atoms with Gasteiger partial charge in [-0.3, -0.25) is 4.79 Å². The normalized spacial score (nSPS) is 10.6. The lowest BCUT2D eigenvalue weighted by molar-refractivity contribution is -0.116. The van der Waals surface area contributed by atoms with Crippen LogP contribution in [0, 0.1) is 6.92 Å². The second-order valence-electron chi connectivity index (χ2n) is 2.45. The average molecular weight is 181 g/mol. The van der Waals surface area contributed by atoms with Crippen molar-refractivity contribution >= 4 is 5.91 Å². The summed E-state index contributed by atoms with van der Waals surface area (Å²) in [5.41, 5.74) is 0. The van der Waals surface area contributed by atoms with Crippen LogP contribution in [0.25, 0.3) is 0 Å². The van der Waals surface area contributed by atoms with Gasteiger partial charge in [0.05, 0.1) is 6.54 Å². The highest BCUT2D eigenvalue weighted by molar-refractivity contribution is 5.87. The lowest BCUT2D eigenvalue weighted by atomic mass is 10.5. The predicted octanol–water partition coefficient (Wildman–Crippen LogP) is 0.570. The van der Waals surface area contributed by atoms with E-state index in [0.29, 0.717) is 18.3 Å². The third-order valence-corrected chi connectivity index (χ3v) is 1.31. The first kappa shape index (κ1) is 9.44. The molecule has 0 aliphatic rings. The predicted molar refractivity (Wildman–Crippen MR) is 45.7 cm³/mol. The molecule has 0 unspecified atom stereocenters. The Balaban J connectivity index is 2.39. The van der Waals surface area contributed by atoms with Crippen molar-refractivity contribution in [2.45, 2.75) is 20.4 Å². The quantitative estimate of drug-likeness (QED) is 0.692. The smallest absolute Gasteiger partial charge is 0.244 e. The Kier molecular flexibility index (Phi) is 3.19.